The Kier molecular flexibility index (Phi) is 5.64. The topological polar surface area (TPSA) is 79.2 Å². The lowest BCUT2D eigenvalue weighted by molar-refractivity contribution is -0.130. The van der Waals surface area contributed by atoms with E-state index in [2.05, 4.69) is 48.1 Å². The number of amides is 1. The number of hydrogen-bond acceptors (Lipinski definition) is 6. The fourth-order valence-electron chi connectivity index (χ4n) is 4.35. The Labute approximate surface area is 192 Å². The Balaban J connectivity index is 1.21. The summed E-state index contributed by atoms with van der Waals surface area (Å²) in [4.78, 5) is 30.2. The number of carbonyl (C=O) groups excluding carboxylic acids is 1. The average Bonchev–Trinajstić information content (AvgIpc) is 3.15. The molecule has 1 amide bonds. The molecule has 5 rings (SSSR count). The van der Waals surface area contributed by atoms with Gasteiger partial charge in [0.2, 0.25) is 5.91 Å². The van der Waals surface area contributed by atoms with Gasteiger partial charge in [-0.3, -0.25) is 4.79 Å². The van der Waals surface area contributed by atoms with E-state index in [-0.39, 0.29) is 5.91 Å². The van der Waals surface area contributed by atoms with Gasteiger partial charge >= 0.3 is 0 Å². The van der Waals surface area contributed by atoms with Crippen LogP contribution in [0.2, 0.25) is 0 Å². The molecular weight excluding hydrogens is 414 g/mol. The van der Waals surface area contributed by atoms with Crippen LogP contribution in [0, 0.1) is 6.92 Å². The first-order valence-electron chi connectivity index (χ1n) is 11.1. The molecule has 0 bridgehead atoms. The van der Waals surface area contributed by atoms with Crippen LogP contribution < -0.4 is 10.2 Å². The summed E-state index contributed by atoms with van der Waals surface area (Å²) < 4.78 is 2.09. The molecule has 0 atom stereocenters. The third-order valence-electron chi connectivity index (χ3n) is 6.10. The zero-order valence-electron chi connectivity index (χ0n) is 18.9. The predicted octanol–water partition coefficient (Wildman–Crippen LogP) is 3.31. The molecule has 1 aliphatic rings. The van der Waals surface area contributed by atoms with Gasteiger partial charge in [-0.25, -0.2) is 15.0 Å². The maximum absolute atomic E-state index is 13.0. The SMILES string of the molecule is Cc1ccnc(Nc2cc(N3CCN(C(=O)Cc4cn(C)c5ccccc45)CC3)ncn2)c1. The normalized spacial score (nSPS) is 14.0. The van der Waals surface area contributed by atoms with Crippen LogP contribution in [0.4, 0.5) is 17.5 Å². The number of fused-ring (bicyclic) bond motifs is 1. The lowest BCUT2D eigenvalue weighted by Gasteiger charge is -2.35. The number of rotatable bonds is 5. The minimum Gasteiger partial charge on any atom is -0.353 e. The van der Waals surface area contributed by atoms with E-state index in [4.69, 9.17) is 0 Å². The molecule has 0 spiro atoms. The molecule has 0 saturated carbocycles. The van der Waals surface area contributed by atoms with Crippen LogP contribution in [0.1, 0.15) is 11.1 Å². The monoisotopic (exact) mass is 441 g/mol. The quantitative estimate of drug-likeness (QED) is 0.512. The molecule has 3 aromatic heterocycles. The molecule has 168 valence electrons. The Morgan fingerprint density at radius 1 is 1.00 bits per heavy atom. The molecule has 8 nitrogen and oxygen atoms in total. The summed E-state index contributed by atoms with van der Waals surface area (Å²) in [6, 6.07) is 14.1. The molecule has 33 heavy (non-hydrogen) atoms. The van der Waals surface area contributed by atoms with Crippen LogP contribution in [-0.4, -0.2) is 56.5 Å². The molecule has 1 aromatic carbocycles. The third-order valence-corrected chi connectivity index (χ3v) is 6.10. The van der Waals surface area contributed by atoms with Crippen molar-refractivity contribution < 1.29 is 4.79 Å². The maximum atomic E-state index is 13.0. The van der Waals surface area contributed by atoms with E-state index in [0.29, 0.717) is 25.3 Å². The second kappa shape index (κ2) is 8.90. The van der Waals surface area contributed by atoms with Gasteiger partial charge in [-0.15, -0.1) is 0 Å². The Morgan fingerprint density at radius 3 is 2.61 bits per heavy atom. The molecule has 0 radical (unpaired) electrons. The van der Waals surface area contributed by atoms with Gasteiger partial charge in [-0.1, -0.05) is 18.2 Å². The van der Waals surface area contributed by atoms with Crippen LogP contribution in [0.5, 0.6) is 0 Å². The second-order valence-corrected chi connectivity index (χ2v) is 8.43. The number of carbonyl (C=O) groups is 1. The van der Waals surface area contributed by atoms with Gasteiger partial charge in [0.05, 0.1) is 6.42 Å². The number of nitrogens with zero attached hydrogens (tertiary/aromatic N) is 6. The van der Waals surface area contributed by atoms with Gasteiger partial charge in [0.25, 0.3) is 0 Å². The van der Waals surface area contributed by atoms with Crippen molar-refractivity contribution in [3.8, 4) is 0 Å². The van der Waals surface area contributed by atoms with Crippen LogP contribution in [0.25, 0.3) is 10.9 Å². The zero-order valence-corrected chi connectivity index (χ0v) is 18.9. The molecule has 1 aliphatic heterocycles. The van der Waals surface area contributed by atoms with Crippen LogP contribution in [0.15, 0.2) is 61.2 Å². The summed E-state index contributed by atoms with van der Waals surface area (Å²) in [6.07, 6.45) is 5.82. The van der Waals surface area contributed by atoms with Crippen molar-refractivity contribution in [2.75, 3.05) is 36.4 Å². The van der Waals surface area contributed by atoms with E-state index in [9.17, 15) is 4.79 Å². The Hall–Kier alpha value is -3.94. The van der Waals surface area contributed by atoms with Crippen molar-refractivity contribution in [1.82, 2.24) is 24.4 Å². The fraction of sp³-hybridized carbons (Fsp3) is 0.280. The Morgan fingerprint density at radius 2 is 1.79 bits per heavy atom. The molecule has 4 aromatic rings. The maximum Gasteiger partial charge on any atom is 0.227 e. The number of aryl methyl sites for hydroxylation is 2. The summed E-state index contributed by atoms with van der Waals surface area (Å²) in [5.41, 5.74) is 3.36. The largest absolute Gasteiger partial charge is 0.353 e. The van der Waals surface area contributed by atoms with Gasteiger partial charge in [-0.2, -0.15) is 0 Å². The number of piperazine rings is 1. The molecule has 4 heterocycles. The first kappa shape index (κ1) is 20.9. The van der Waals surface area contributed by atoms with Gasteiger partial charge in [0.15, 0.2) is 0 Å². The van der Waals surface area contributed by atoms with E-state index in [1.54, 1.807) is 12.5 Å². The highest BCUT2D eigenvalue weighted by Crippen LogP contribution is 2.22. The predicted molar refractivity (Wildman–Crippen MR) is 130 cm³/mol. The van der Waals surface area contributed by atoms with E-state index < -0.39 is 0 Å². The number of nitrogens with one attached hydrogen (secondary N) is 1. The van der Waals surface area contributed by atoms with Crippen LogP contribution in [0.3, 0.4) is 0 Å². The highest BCUT2D eigenvalue weighted by Gasteiger charge is 2.23. The number of pyridine rings is 1. The lowest BCUT2D eigenvalue weighted by Crippen LogP contribution is -2.49. The van der Waals surface area contributed by atoms with Crippen LogP contribution >= 0.6 is 0 Å². The van der Waals surface area contributed by atoms with E-state index in [1.165, 1.54) is 0 Å². The van der Waals surface area contributed by atoms with Crippen LogP contribution in [-0.2, 0) is 18.3 Å². The standard InChI is InChI=1S/C25H27N7O/c1-18-7-8-26-22(13-18)29-23-15-24(28-17-27-23)31-9-11-32(12-10-31)25(33)14-19-16-30(2)21-6-4-3-5-20(19)21/h3-8,13,15-17H,9-12,14H2,1-2H3,(H,26,27,28,29). The van der Waals surface area contributed by atoms with E-state index in [0.717, 1.165) is 46.8 Å². The van der Waals surface area contributed by atoms with Crippen molar-refractivity contribution in [2.24, 2.45) is 7.05 Å². The summed E-state index contributed by atoms with van der Waals surface area (Å²) in [5, 5.41) is 4.39. The molecule has 1 fully saturated rings. The van der Waals surface area contributed by atoms with Gasteiger partial charge in [0, 0.05) is 62.6 Å². The fourth-order valence-corrected chi connectivity index (χ4v) is 4.35. The summed E-state index contributed by atoms with van der Waals surface area (Å²) in [7, 11) is 2.02. The number of benzene rings is 1. The van der Waals surface area contributed by atoms with Gasteiger partial charge < -0.3 is 19.7 Å². The molecule has 0 unspecified atom stereocenters. The third kappa shape index (κ3) is 4.50. The number of para-hydroxylation sites is 1. The highest BCUT2D eigenvalue weighted by atomic mass is 16.2. The van der Waals surface area contributed by atoms with Crippen molar-refractivity contribution in [2.45, 2.75) is 13.3 Å². The van der Waals surface area contributed by atoms with E-state index >= 15 is 0 Å². The average molecular weight is 442 g/mol. The van der Waals surface area contributed by atoms with Crippen molar-refractivity contribution in [3.63, 3.8) is 0 Å². The van der Waals surface area contributed by atoms with Gasteiger partial charge in [-0.05, 0) is 36.2 Å². The second-order valence-electron chi connectivity index (χ2n) is 8.43. The van der Waals surface area contributed by atoms with E-state index in [1.807, 2.05) is 49.2 Å². The first-order valence-corrected chi connectivity index (χ1v) is 11.1. The summed E-state index contributed by atoms with van der Waals surface area (Å²) in [5.74, 6) is 2.47. The van der Waals surface area contributed by atoms with Crippen molar-refractivity contribution >= 4 is 34.3 Å². The number of anilines is 3. The first-order chi connectivity index (χ1) is 16.1. The molecule has 8 heteroatoms. The molecule has 1 N–H and O–H groups in total. The van der Waals surface area contributed by atoms with Crippen molar-refractivity contribution in [1.29, 1.82) is 0 Å². The number of aromatic nitrogens is 4. The highest BCUT2D eigenvalue weighted by molar-refractivity contribution is 5.89. The summed E-state index contributed by atoms with van der Waals surface area (Å²) in [6.45, 7) is 4.85. The van der Waals surface area contributed by atoms with Crippen molar-refractivity contribution in [3.05, 3.63) is 72.3 Å². The Bertz CT molecular complexity index is 1290. The molecular formula is C25H27N7O. The minimum atomic E-state index is 0.168. The minimum absolute atomic E-state index is 0.168. The number of hydrogen-bond donors (Lipinski definition) is 1. The van der Waals surface area contributed by atoms with Gasteiger partial charge in [0.1, 0.15) is 23.8 Å². The smallest absolute Gasteiger partial charge is 0.227 e. The summed E-state index contributed by atoms with van der Waals surface area (Å²) >= 11 is 0. The lowest BCUT2D eigenvalue weighted by atomic mass is 10.1. The molecule has 1 saturated heterocycles. The zero-order chi connectivity index (χ0) is 22.8. The molecule has 0 aliphatic carbocycles.